The molecular weight excluding hydrogens is 308 g/mol. The van der Waals surface area contributed by atoms with Crippen molar-refractivity contribution in [1.82, 2.24) is 9.88 Å². The Morgan fingerprint density at radius 2 is 2.21 bits per heavy atom. The Bertz CT molecular complexity index is 609. The molecule has 1 aromatic heterocycles. The van der Waals surface area contributed by atoms with Crippen LogP contribution in [0.2, 0.25) is 0 Å². The van der Waals surface area contributed by atoms with E-state index in [0.29, 0.717) is 45.7 Å². The predicted octanol–water partition coefficient (Wildman–Crippen LogP) is 0.258. The van der Waals surface area contributed by atoms with E-state index in [9.17, 15) is 9.59 Å². The predicted molar refractivity (Wildman–Crippen MR) is 89.3 cm³/mol. The molecule has 2 saturated heterocycles. The summed E-state index contributed by atoms with van der Waals surface area (Å²) in [7, 11) is 1.95. The monoisotopic (exact) mass is 332 g/mol. The molecule has 0 bridgehead atoms. The molecule has 130 valence electrons. The minimum atomic E-state index is -0.606. The van der Waals surface area contributed by atoms with Gasteiger partial charge in [-0.25, -0.2) is 0 Å². The van der Waals surface area contributed by atoms with Crippen LogP contribution in [0.4, 0.5) is 5.69 Å². The van der Waals surface area contributed by atoms with Crippen molar-refractivity contribution in [3.8, 4) is 0 Å². The molecule has 3 heterocycles. The van der Waals surface area contributed by atoms with E-state index in [4.69, 9.17) is 10.5 Å². The number of ether oxygens (including phenoxy) is 1. The van der Waals surface area contributed by atoms with Crippen LogP contribution in [-0.4, -0.2) is 61.6 Å². The summed E-state index contributed by atoms with van der Waals surface area (Å²) in [5, 5.41) is 0. The molecule has 2 fully saturated rings. The van der Waals surface area contributed by atoms with Crippen LogP contribution in [0.25, 0.3) is 0 Å². The lowest BCUT2D eigenvalue weighted by Crippen LogP contribution is -2.48. The molecule has 7 nitrogen and oxygen atoms in total. The fraction of sp³-hybridized carbons (Fsp3) is 0.588. The molecule has 3 rings (SSSR count). The van der Waals surface area contributed by atoms with Gasteiger partial charge in [0.15, 0.2) is 0 Å². The number of aromatic nitrogens is 1. The van der Waals surface area contributed by atoms with Crippen LogP contribution in [-0.2, 0) is 14.3 Å². The van der Waals surface area contributed by atoms with Gasteiger partial charge in [0.1, 0.15) is 0 Å². The maximum atomic E-state index is 12.6. The maximum absolute atomic E-state index is 12.6. The van der Waals surface area contributed by atoms with Crippen molar-refractivity contribution in [3.05, 3.63) is 24.5 Å². The van der Waals surface area contributed by atoms with Crippen molar-refractivity contribution >= 4 is 17.5 Å². The summed E-state index contributed by atoms with van der Waals surface area (Å²) in [6.07, 6.45) is 4.47. The number of amides is 2. The average molecular weight is 332 g/mol. The molecule has 0 radical (unpaired) electrons. The Balaban J connectivity index is 1.59. The number of hydrogen-bond acceptors (Lipinski definition) is 5. The average Bonchev–Trinajstić information content (AvgIpc) is 3.01. The van der Waals surface area contributed by atoms with Gasteiger partial charge in [-0.15, -0.1) is 0 Å². The molecule has 0 saturated carbocycles. The fourth-order valence-electron chi connectivity index (χ4n) is 3.69. The van der Waals surface area contributed by atoms with E-state index in [0.717, 1.165) is 5.69 Å². The van der Waals surface area contributed by atoms with Crippen LogP contribution in [0.15, 0.2) is 24.5 Å². The number of likely N-dealkylation sites (tertiary alicyclic amines) is 1. The lowest BCUT2D eigenvalue weighted by molar-refractivity contribution is -0.136. The molecule has 0 aromatic carbocycles. The SMILES string of the molecule is CN(CCC(=O)N1C[C@@H]2COCC[C@]2(C(N)=O)C1)c1ccncc1. The summed E-state index contributed by atoms with van der Waals surface area (Å²) < 4.78 is 5.48. The molecule has 0 unspecified atom stereocenters. The summed E-state index contributed by atoms with van der Waals surface area (Å²) in [5.41, 5.74) is 6.07. The third kappa shape index (κ3) is 3.08. The maximum Gasteiger partial charge on any atom is 0.225 e. The standard InChI is InChI=1S/C17H24N4O3/c1-20(14-2-6-19-7-3-14)8-4-15(22)21-10-13-11-24-9-5-17(13,12-21)16(18)23/h2-3,6-7,13H,4-5,8-12H2,1H3,(H2,18,23)/t13-,17+/m1/s1. The summed E-state index contributed by atoms with van der Waals surface area (Å²) in [6.45, 7) is 2.63. The minimum absolute atomic E-state index is 0.0191. The number of nitrogens with two attached hydrogens (primary N) is 1. The number of carbonyl (C=O) groups is 2. The van der Waals surface area contributed by atoms with Crippen LogP contribution in [0, 0.1) is 11.3 Å². The Hall–Kier alpha value is -2.15. The van der Waals surface area contributed by atoms with Gasteiger partial charge in [0.2, 0.25) is 11.8 Å². The zero-order valence-electron chi connectivity index (χ0n) is 14.0. The number of anilines is 1. The molecule has 0 spiro atoms. The topological polar surface area (TPSA) is 88.8 Å². The van der Waals surface area contributed by atoms with Gasteiger partial charge < -0.3 is 20.3 Å². The second-order valence-electron chi connectivity index (χ2n) is 6.69. The summed E-state index contributed by atoms with van der Waals surface area (Å²) in [6, 6.07) is 3.82. The van der Waals surface area contributed by atoms with E-state index in [1.165, 1.54) is 0 Å². The highest BCUT2D eigenvalue weighted by molar-refractivity contribution is 5.84. The number of rotatable bonds is 5. The van der Waals surface area contributed by atoms with E-state index in [1.807, 2.05) is 24.1 Å². The summed E-state index contributed by atoms with van der Waals surface area (Å²) in [5.74, 6) is -0.225. The Morgan fingerprint density at radius 3 is 2.88 bits per heavy atom. The van der Waals surface area contributed by atoms with Gasteiger partial charge >= 0.3 is 0 Å². The van der Waals surface area contributed by atoms with Crippen molar-refractivity contribution < 1.29 is 14.3 Å². The van der Waals surface area contributed by atoms with Crippen LogP contribution in [0.5, 0.6) is 0 Å². The highest BCUT2D eigenvalue weighted by Gasteiger charge is 2.53. The molecule has 2 aliphatic heterocycles. The van der Waals surface area contributed by atoms with E-state index in [2.05, 4.69) is 4.98 Å². The third-order valence-corrected chi connectivity index (χ3v) is 5.31. The lowest BCUT2D eigenvalue weighted by Gasteiger charge is -2.35. The van der Waals surface area contributed by atoms with Crippen molar-refractivity contribution in [2.75, 3.05) is 44.8 Å². The Labute approximate surface area is 141 Å². The molecule has 7 heteroatoms. The van der Waals surface area contributed by atoms with Crippen LogP contribution < -0.4 is 10.6 Å². The quantitative estimate of drug-likeness (QED) is 0.835. The van der Waals surface area contributed by atoms with Gasteiger partial charge in [0.05, 0.1) is 12.0 Å². The van der Waals surface area contributed by atoms with E-state index < -0.39 is 5.41 Å². The zero-order chi connectivity index (χ0) is 17.2. The molecule has 0 aliphatic carbocycles. The number of nitrogens with zero attached hydrogens (tertiary/aromatic N) is 3. The van der Waals surface area contributed by atoms with E-state index in [1.54, 1.807) is 17.3 Å². The van der Waals surface area contributed by atoms with Gasteiger partial charge in [-0.2, -0.15) is 0 Å². The van der Waals surface area contributed by atoms with E-state index >= 15 is 0 Å². The Kier molecular flexibility index (Phi) is 4.71. The highest BCUT2D eigenvalue weighted by atomic mass is 16.5. The number of hydrogen-bond donors (Lipinski definition) is 1. The zero-order valence-corrected chi connectivity index (χ0v) is 14.0. The number of carbonyl (C=O) groups excluding carboxylic acids is 2. The molecule has 2 atom stereocenters. The fourth-order valence-corrected chi connectivity index (χ4v) is 3.69. The first-order valence-electron chi connectivity index (χ1n) is 8.29. The van der Waals surface area contributed by atoms with Crippen molar-refractivity contribution in [1.29, 1.82) is 0 Å². The first-order chi connectivity index (χ1) is 11.5. The van der Waals surface area contributed by atoms with Crippen molar-refractivity contribution in [2.45, 2.75) is 12.8 Å². The van der Waals surface area contributed by atoms with Gasteiger partial charge in [0, 0.05) is 63.7 Å². The minimum Gasteiger partial charge on any atom is -0.381 e. The van der Waals surface area contributed by atoms with Crippen molar-refractivity contribution in [2.24, 2.45) is 17.1 Å². The van der Waals surface area contributed by atoms with Crippen LogP contribution >= 0.6 is 0 Å². The van der Waals surface area contributed by atoms with Gasteiger partial charge in [-0.1, -0.05) is 0 Å². The molecular formula is C17H24N4O3. The van der Waals surface area contributed by atoms with Gasteiger partial charge in [-0.05, 0) is 18.6 Å². The first kappa shape index (κ1) is 16.7. The molecule has 2 N–H and O–H groups in total. The molecule has 2 aliphatic rings. The largest absolute Gasteiger partial charge is 0.381 e. The van der Waals surface area contributed by atoms with Gasteiger partial charge in [0.25, 0.3) is 0 Å². The number of fused-ring (bicyclic) bond motifs is 1. The highest BCUT2D eigenvalue weighted by Crippen LogP contribution is 2.42. The number of primary amides is 1. The second-order valence-corrected chi connectivity index (χ2v) is 6.69. The van der Waals surface area contributed by atoms with Crippen LogP contribution in [0.3, 0.4) is 0 Å². The smallest absolute Gasteiger partial charge is 0.225 e. The first-order valence-corrected chi connectivity index (χ1v) is 8.29. The normalized spacial score (nSPS) is 26.0. The molecule has 2 amide bonds. The number of pyridine rings is 1. The molecule has 24 heavy (non-hydrogen) atoms. The van der Waals surface area contributed by atoms with Crippen LogP contribution in [0.1, 0.15) is 12.8 Å². The molecule has 1 aromatic rings. The lowest BCUT2D eigenvalue weighted by atomic mass is 9.74. The Morgan fingerprint density at radius 1 is 1.46 bits per heavy atom. The van der Waals surface area contributed by atoms with E-state index in [-0.39, 0.29) is 17.7 Å². The summed E-state index contributed by atoms with van der Waals surface area (Å²) >= 11 is 0. The second kappa shape index (κ2) is 6.76. The van der Waals surface area contributed by atoms with Gasteiger partial charge in [-0.3, -0.25) is 14.6 Å². The summed E-state index contributed by atoms with van der Waals surface area (Å²) in [4.78, 5) is 32.4. The van der Waals surface area contributed by atoms with Crippen molar-refractivity contribution in [3.63, 3.8) is 0 Å². The third-order valence-electron chi connectivity index (χ3n) is 5.31.